The highest BCUT2D eigenvalue weighted by atomic mass is 16.5. The second-order valence-corrected chi connectivity index (χ2v) is 9.01. The van der Waals surface area contributed by atoms with E-state index >= 15 is 0 Å². The van der Waals surface area contributed by atoms with Crippen LogP contribution >= 0.6 is 0 Å². The first-order valence-electron chi connectivity index (χ1n) is 12.2. The van der Waals surface area contributed by atoms with Gasteiger partial charge in [-0.3, -0.25) is 9.59 Å². The predicted octanol–water partition coefficient (Wildman–Crippen LogP) is 2.06. The Balaban J connectivity index is 0.000000266. The number of carbonyl (C=O) groups is 2. The van der Waals surface area contributed by atoms with Crippen LogP contribution in [-0.4, -0.2) is 68.4 Å². The van der Waals surface area contributed by atoms with Gasteiger partial charge in [0.05, 0.1) is 25.8 Å². The van der Waals surface area contributed by atoms with Crippen molar-refractivity contribution in [3.8, 4) is 5.75 Å². The number of hydrogen-bond donors (Lipinski definition) is 3. The number of para-hydroxylation sites is 1. The van der Waals surface area contributed by atoms with Crippen molar-refractivity contribution < 1.29 is 19.1 Å². The van der Waals surface area contributed by atoms with E-state index in [1.54, 1.807) is 11.9 Å². The van der Waals surface area contributed by atoms with Gasteiger partial charge in [-0.25, -0.2) is 0 Å². The maximum atomic E-state index is 12.8. The average molecular weight is 463 g/mol. The second kappa shape index (κ2) is 12.9. The summed E-state index contributed by atoms with van der Waals surface area (Å²) in [5, 5.41) is 5.56. The van der Waals surface area contributed by atoms with Crippen molar-refractivity contribution in [1.82, 2.24) is 15.5 Å². The van der Waals surface area contributed by atoms with Gasteiger partial charge in [-0.15, -0.1) is 0 Å². The molecule has 0 aromatic heterocycles. The SMILES string of the molecule is CC.CNCC(=O)NC1CCOC2CC(C)(C)C(CN)N2C1=O.c1ccc2c(c1)CCCO2. The molecule has 3 unspecified atom stereocenters. The van der Waals surface area contributed by atoms with Gasteiger partial charge >= 0.3 is 0 Å². The Morgan fingerprint density at radius 2 is 1.97 bits per heavy atom. The van der Waals surface area contributed by atoms with Gasteiger partial charge in [-0.2, -0.15) is 0 Å². The fourth-order valence-electron chi connectivity index (χ4n) is 4.59. The fraction of sp³-hybridized carbons (Fsp3) is 0.680. The van der Waals surface area contributed by atoms with Crippen LogP contribution in [0, 0.1) is 5.41 Å². The molecule has 3 heterocycles. The Morgan fingerprint density at radius 3 is 2.64 bits per heavy atom. The van der Waals surface area contributed by atoms with Crippen molar-refractivity contribution in [2.45, 2.75) is 71.7 Å². The van der Waals surface area contributed by atoms with Gasteiger partial charge in [0.25, 0.3) is 0 Å². The number of ether oxygens (including phenoxy) is 2. The van der Waals surface area contributed by atoms with Crippen molar-refractivity contribution in [2.75, 3.05) is 33.4 Å². The number of rotatable bonds is 4. The highest BCUT2D eigenvalue weighted by Gasteiger charge is 2.51. The normalized spacial score (nSPS) is 25.1. The zero-order valence-corrected chi connectivity index (χ0v) is 20.9. The molecule has 3 aliphatic heterocycles. The van der Waals surface area contributed by atoms with Crippen molar-refractivity contribution >= 4 is 11.8 Å². The molecule has 186 valence electrons. The first kappa shape index (κ1) is 27.1. The van der Waals surface area contributed by atoms with Gasteiger partial charge in [0, 0.05) is 13.0 Å². The summed E-state index contributed by atoms with van der Waals surface area (Å²) in [6.07, 6.45) is 3.39. The number of carbonyl (C=O) groups excluding carboxylic acids is 2. The highest BCUT2D eigenvalue weighted by Crippen LogP contribution is 2.41. The van der Waals surface area contributed by atoms with Crippen LogP contribution in [0.5, 0.6) is 5.75 Å². The molecule has 4 N–H and O–H groups in total. The van der Waals surface area contributed by atoms with E-state index in [0.29, 0.717) is 19.6 Å². The van der Waals surface area contributed by atoms with E-state index in [4.69, 9.17) is 15.2 Å². The van der Waals surface area contributed by atoms with Crippen LogP contribution in [0.15, 0.2) is 24.3 Å². The average Bonchev–Trinajstić information content (AvgIpc) is 3.00. The Hall–Kier alpha value is -2.16. The predicted molar refractivity (Wildman–Crippen MR) is 130 cm³/mol. The zero-order valence-electron chi connectivity index (χ0n) is 20.9. The number of hydrogen-bond acceptors (Lipinski definition) is 6. The van der Waals surface area contributed by atoms with Gasteiger partial charge in [0.1, 0.15) is 18.0 Å². The Labute approximate surface area is 198 Å². The van der Waals surface area contributed by atoms with Crippen LogP contribution in [0.25, 0.3) is 0 Å². The lowest BCUT2D eigenvalue weighted by atomic mass is 9.84. The van der Waals surface area contributed by atoms with Crippen molar-refractivity contribution in [2.24, 2.45) is 11.1 Å². The van der Waals surface area contributed by atoms with Crippen LogP contribution < -0.4 is 21.1 Å². The molecule has 4 rings (SSSR count). The van der Waals surface area contributed by atoms with Crippen molar-refractivity contribution in [3.05, 3.63) is 29.8 Å². The van der Waals surface area contributed by atoms with Gasteiger partial charge in [0.15, 0.2) is 0 Å². The largest absolute Gasteiger partial charge is 0.493 e. The number of likely N-dealkylation sites (N-methyl/N-ethyl adjacent to an activating group) is 1. The summed E-state index contributed by atoms with van der Waals surface area (Å²) in [5.74, 6) is 0.814. The van der Waals surface area contributed by atoms with E-state index in [0.717, 1.165) is 25.2 Å². The van der Waals surface area contributed by atoms with E-state index in [1.165, 1.54) is 12.0 Å². The highest BCUT2D eigenvalue weighted by molar-refractivity contribution is 5.89. The summed E-state index contributed by atoms with van der Waals surface area (Å²) in [4.78, 5) is 26.3. The molecule has 2 saturated heterocycles. The van der Waals surface area contributed by atoms with Crippen LogP contribution in [0.4, 0.5) is 0 Å². The molecule has 33 heavy (non-hydrogen) atoms. The minimum atomic E-state index is -0.529. The smallest absolute Gasteiger partial charge is 0.247 e. The minimum Gasteiger partial charge on any atom is -0.493 e. The summed E-state index contributed by atoms with van der Waals surface area (Å²) in [5.41, 5.74) is 7.16. The van der Waals surface area contributed by atoms with E-state index in [-0.39, 0.29) is 36.0 Å². The first-order valence-corrected chi connectivity index (χ1v) is 12.2. The number of fused-ring (bicyclic) bond motifs is 2. The molecule has 0 spiro atoms. The first-order chi connectivity index (χ1) is 15.9. The molecule has 8 nitrogen and oxygen atoms in total. The summed E-state index contributed by atoms with van der Waals surface area (Å²) >= 11 is 0. The van der Waals surface area contributed by atoms with Crippen LogP contribution in [-0.2, 0) is 20.7 Å². The molecule has 3 aliphatic rings. The maximum absolute atomic E-state index is 12.8. The number of nitrogens with one attached hydrogen (secondary N) is 2. The molecule has 2 amide bonds. The maximum Gasteiger partial charge on any atom is 0.247 e. The molecule has 2 fully saturated rings. The zero-order chi connectivity index (χ0) is 24.4. The molecule has 3 atom stereocenters. The quantitative estimate of drug-likeness (QED) is 0.633. The topological polar surface area (TPSA) is 106 Å². The van der Waals surface area contributed by atoms with Gasteiger partial charge < -0.3 is 30.7 Å². The van der Waals surface area contributed by atoms with Crippen LogP contribution in [0.3, 0.4) is 0 Å². The molecule has 0 aliphatic carbocycles. The molecular formula is C25H42N4O4. The minimum absolute atomic E-state index is 0.0585. The number of aryl methyl sites for hydroxylation is 1. The van der Waals surface area contributed by atoms with E-state index in [2.05, 4.69) is 36.6 Å². The monoisotopic (exact) mass is 462 g/mol. The molecule has 0 saturated carbocycles. The third kappa shape index (κ3) is 6.91. The summed E-state index contributed by atoms with van der Waals surface area (Å²) in [6, 6.07) is 7.66. The molecule has 0 radical (unpaired) electrons. The fourth-order valence-corrected chi connectivity index (χ4v) is 4.59. The van der Waals surface area contributed by atoms with Crippen molar-refractivity contribution in [1.29, 1.82) is 0 Å². The summed E-state index contributed by atoms with van der Waals surface area (Å²) in [7, 11) is 1.70. The molecule has 0 bridgehead atoms. The van der Waals surface area contributed by atoms with Gasteiger partial charge in [-0.05, 0) is 43.4 Å². The second-order valence-electron chi connectivity index (χ2n) is 9.01. The Morgan fingerprint density at radius 1 is 1.24 bits per heavy atom. The standard InChI is InChI=1S/C14H26N4O3.C9H10O.C2H6/c1-14(2)6-12-18(10(14)7-15)13(20)9(4-5-21-12)17-11(19)8-16-3;1-2-6-9-8(4-1)5-3-7-10-9;1-2/h9-10,12,16H,4-8,15H2,1-3H3,(H,17,19);1-2,4,6H,3,5,7H2;1-2H3. The van der Waals surface area contributed by atoms with E-state index < -0.39 is 6.04 Å². The van der Waals surface area contributed by atoms with Gasteiger partial charge in [-0.1, -0.05) is 45.9 Å². The lowest BCUT2D eigenvalue weighted by Gasteiger charge is -2.33. The van der Waals surface area contributed by atoms with Crippen LogP contribution in [0.1, 0.15) is 52.5 Å². The Bertz CT molecular complexity index is 746. The lowest BCUT2D eigenvalue weighted by Crippen LogP contribution is -2.55. The third-order valence-corrected chi connectivity index (χ3v) is 6.23. The number of nitrogens with zero attached hydrogens (tertiary/aromatic N) is 1. The molecule has 1 aromatic carbocycles. The molecule has 8 heteroatoms. The van der Waals surface area contributed by atoms with Gasteiger partial charge in [0.2, 0.25) is 11.8 Å². The van der Waals surface area contributed by atoms with E-state index in [9.17, 15) is 9.59 Å². The molecular weight excluding hydrogens is 420 g/mol. The van der Waals surface area contributed by atoms with E-state index in [1.807, 2.05) is 26.0 Å². The number of amides is 2. The third-order valence-electron chi connectivity index (χ3n) is 6.23. The van der Waals surface area contributed by atoms with Crippen molar-refractivity contribution in [3.63, 3.8) is 0 Å². The molecule has 1 aromatic rings. The number of nitrogens with two attached hydrogens (primary N) is 1. The summed E-state index contributed by atoms with van der Waals surface area (Å²) < 4.78 is 11.2. The summed E-state index contributed by atoms with van der Waals surface area (Å²) in [6.45, 7) is 10.1. The number of benzene rings is 1. The van der Waals surface area contributed by atoms with Crippen LogP contribution in [0.2, 0.25) is 0 Å². The lowest BCUT2D eigenvalue weighted by molar-refractivity contribution is -0.144. The Kier molecular flexibility index (Phi) is 10.6.